The molecule has 0 aliphatic rings. The van der Waals surface area contributed by atoms with Gasteiger partial charge in [-0.2, -0.15) is 0 Å². The number of para-hydroxylation sites is 1. The molecule has 1 rings (SSSR count). The van der Waals surface area contributed by atoms with Gasteiger partial charge in [-0.15, -0.1) is 0 Å². The Bertz CT molecular complexity index is 427. The zero-order valence-corrected chi connectivity index (χ0v) is 9.71. The maximum absolute atomic E-state index is 11.6. The van der Waals surface area contributed by atoms with Crippen LogP contribution in [0.25, 0.3) is 0 Å². The van der Waals surface area contributed by atoms with Crippen LogP contribution in [0.3, 0.4) is 0 Å². The van der Waals surface area contributed by atoms with Gasteiger partial charge in [0.05, 0.1) is 5.75 Å². The van der Waals surface area contributed by atoms with Gasteiger partial charge in [0.25, 0.3) is 0 Å². The van der Waals surface area contributed by atoms with E-state index in [4.69, 9.17) is 5.73 Å². The molecule has 4 nitrogen and oxygen atoms in total. The molecule has 0 bridgehead atoms. The molecule has 5 heteroatoms. The Labute approximate surface area is 90.5 Å². The molecule has 0 aliphatic carbocycles. The third-order valence-electron chi connectivity index (χ3n) is 1.82. The zero-order valence-electron chi connectivity index (χ0n) is 8.90. The minimum absolute atomic E-state index is 0.0716. The quantitative estimate of drug-likeness (QED) is 0.758. The number of nitrogens with one attached hydrogen (secondary N) is 1. The van der Waals surface area contributed by atoms with Crippen LogP contribution in [0.1, 0.15) is 19.4 Å². The van der Waals surface area contributed by atoms with Crippen LogP contribution in [-0.2, 0) is 15.8 Å². The van der Waals surface area contributed by atoms with E-state index in [0.717, 1.165) is 0 Å². The SMILES string of the molecule is CC(C)NS(=O)(=O)Cc1ccccc1N. The average Bonchev–Trinajstić information content (AvgIpc) is 2.06. The minimum Gasteiger partial charge on any atom is -0.398 e. The molecule has 0 unspecified atom stereocenters. The first-order valence-electron chi connectivity index (χ1n) is 4.74. The zero-order chi connectivity index (χ0) is 11.5. The van der Waals surface area contributed by atoms with Crippen LogP contribution in [0.15, 0.2) is 24.3 Å². The maximum Gasteiger partial charge on any atom is 0.216 e. The summed E-state index contributed by atoms with van der Waals surface area (Å²) in [5, 5.41) is 0. The Kier molecular flexibility index (Phi) is 3.71. The van der Waals surface area contributed by atoms with E-state index in [9.17, 15) is 8.42 Å². The van der Waals surface area contributed by atoms with Crippen molar-refractivity contribution in [3.8, 4) is 0 Å². The predicted octanol–water partition coefficient (Wildman–Crippen LogP) is 1.10. The van der Waals surface area contributed by atoms with Crippen molar-refractivity contribution in [1.82, 2.24) is 4.72 Å². The summed E-state index contributed by atoms with van der Waals surface area (Å²) >= 11 is 0. The van der Waals surface area contributed by atoms with Crippen molar-refractivity contribution < 1.29 is 8.42 Å². The number of benzene rings is 1. The molecule has 0 radical (unpaired) electrons. The first-order valence-corrected chi connectivity index (χ1v) is 6.39. The summed E-state index contributed by atoms with van der Waals surface area (Å²) in [6.07, 6.45) is 0. The van der Waals surface area contributed by atoms with E-state index in [0.29, 0.717) is 11.3 Å². The van der Waals surface area contributed by atoms with E-state index in [2.05, 4.69) is 4.72 Å². The summed E-state index contributed by atoms with van der Waals surface area (Å²) < 4.78 is 25.7. The number of hydrogen-bond acceptors (Lipinski definition) is 3. The van der Waals surface area contributed by atoms with E-state index < -0.39 is 10.0 Å². The Balaban J connectivity index is 2.83. The average molecular weight is 228 g/mol. The number of anilines is 1. The monoisotopic (exact) mass is 228 g/mol. The molecule has 1 aromatic rings. The molecule has 3 N–H and O–H groups in total. The first kappa shape index (κ1) is 12.0. The molecule has 0 saturated carbocycles. The summed E-state index contributed by atoms with van der Waals surface area (Å²) in [4.78, 5) is 0. The molecule has 84 valence electrons. The van der Waals surface area contributed by atoms with Crippen molar-refractivity contribution in [2.75, 3.05) is 5.73 Å². The van der Waals surface area contributed by atoms with Gasteiger partial charge in [-0.25, -0.2) is 13.1 Å². The Morgan fingerprint density at radius 3 is 2.47 bits per heavy atom. The number of rotatable bonds is 4. The fourth-order valence-corrected chi connectivity index (χ4v) is 2.75. The predicted molar refractivity (Wildman–Crippen MR) is 61.7 cm³/mol. The van der Waals surface area contributed by atoms with Gasteiger partial charge < -0.3 is 5.73 Å². The second-order valence-corrected chi connectivity index (χ2v) is 5.48. The van der Waals surface area contributed by atoms with Gasteiger partial charge in [0.1, 0.15) is 0 Å². The second kappa shape index (κ2) is 4.63. The van der Waals surface area contributed by atoms with Gasteiger partial charge in [-0.05, 0) is 25.5 Å². The second-order valence-electron chi connectivity index (χ2n) is 3.73. The molecule has 0 saturated heterocycles. The highest BCUT2D eigenvalue weighted by molar-refractivity contribution is 7.88. The third-order valence-corrected chi connectivity index (χ3v) is 3.34. The highest BCUT2D eigenvalue weighted by Crippen LogP contribution is 2.13. The molecule has 0 aliphatic heterocycles. The number of sulfonamides is 1. The lowest BCUT2D eigenvalue weighted by Crippen LogP contribution is -2.31. The van der Waals surface area contributed by atoms with E-state index in [-0.39, 0.29) is 11.8 Å². The third kappa shape index (κ3) is 3.89. The molecule has 1 aromatic carbocycles. The van der Waals surface area contributed by atoms with Gasteiger partial charge in [0.2, 0.25) is 10.0 Å². The molecule has 15 heavy (non-hydrogen) atoms. The van der Waals surface area contributed by atoms with Crippen LogP contribution >= 0.6 is 0 Å². The maximum atomic E-state index is 11.6. The smallest absolute Gasteiger partial charge is 0.216 e. The van der Waals surface area contributed by atoms with E-state index in [1.807, 2.05) is 0 Å². The summed E-state index contributed by atoms with van der Waals surface area (Å²) in [7, 11) is -3.29. The van der Waals surface area contributed by atoms with Crippen LogP contribution in [0.2, 0.25) is 0 Å². The summed E-state index contributed by atoms with van der Waals surface area (Å²) in [6, 6.07) is 6.87. The summed E-state index contributed by atoms with van der Waals surface area (Å²) in [5.74, 6) is -0.0716. The number of nitrogens with two attached hydrogens (primary N) is 1. The van der Waals surface area contributed by atoms with E-state index >= 15 is 0 Å². The standard InChI is InChI=1S/C10H16N2O2S/c1-8(2)12-15(13,14)7-9-5-3-4-6-10(9)11/h3-6,8,12H,7,11H2,1-2H3. The highest BCUT2D eigenvalue weighted by Gasteiger charge is 2.13. The fourth-order valence-electron chi connectivity index (χ4n) is 1.27. The molecule has 0 fully saturated rings. The van der Waals surface area contributed by atoms with Gasteiger partial charge >= 0.3 is 0 Å². The van der Waals surface area contributed by atoms with Crippen LogP contribution in [0.5, 0.6) is 0 Å². The Morgan fingerprint density at radius 2 is 1.93 bits per heavy atom. The van der Waals surface area contributed by atoms with Crippen molar-refractivity contribution in [2.45, 2.75) is 25.6 Å². The lowest BCUT2D eigenvalue weighted by atomic mass is 10.2. The fraction of sp³-hybridized carbons (Fsp3) is 0.400. The largest absolute Gasteiger partial charge is 0.398 e. The van der Waals surface area contributed by atoms with Crippen molar-refractivity contribution >= 4 is 15.7 Å². The minimum atomic E-state index is -3.29. The van der Waals surface area contributed by atoms with Crippen LogP contribution < -0.4 is 10.5 Å². The molecular weight excluding hydrogens is 212 g/mol. The lowest BCUT2D eigenvalue weighted by Gasteiger charge is -2.10. The van der Waals surface area contributed by atoms with Gasteiger partial charge in [0, 0.05) is 11.7 Å². The van der Waals surface area contributed by atoms with Gasteiger partial charge in [0.15, 0.2) is 0 Å². The molecule has 0 aromatic heterocycles. The topological polar surface area (TPSA) is 72.2 Å². The first-order chi connectivity index (χ1) is 6.91. The molecule has 0 spiro atoms. The summed E-state index contributed by atoms with van der Waals surface area (Å²) in [6.45, 7) is 3.57. The van der Waals surface area contributed by atoms with Crippen molar-refractivity contribution in [3.05, 3.63) is 29.8 Å². The molecule has 0 heterocycles. The van der Waals surface area contributed by atoms with Gasteiger partial charge in [-0.1, -0.05) is 18.2 Å². The van der Waals surface area contributed by atoms with E-state index in [1.165, 1.54) is 0 Å². The Hall–Kier alpha value is -1.07. The normalized spacial score (nSPS) is 11.9. The molecular formula is C10H16N2O2S. The molecule has 0 atom stereocenters. The highest BCUT2D eigenvalue weighted by atomic mass is 32.2. The van der Waals surface area contributed by atoms with Crippen molar-refractivity contribution in [2.24, 2.45) is 0 Å². The van der Waals surface area contributed by atoms with Crippen molar-refractivity contribution in [3.63, 3.8) is 0 Å². The molecule has 0 amide bonds. The number of nitrogen functional groups attached to an aromatic ring is 1. The summed E-state index contributed by atoms with van der Waals surface area (Å²) in [5.41, 5.74) is 6.80. The van der Waals surface area contributed by atoms with Crippen LogP contribution in [0, 0.1) is 0 Å². The Morgan fingerprint density at radius 1 is 1.33 bits per heavy atom. The van der Waals surface area contributed by atoms with E-state index in [1.54, 1.807) is 38.1 Å². The van der Waals surface area contributed by atoms with Crippen LogP contribution in [-0.4, -0.2) is 14.5 Å². The van der Waals surface area contributed by atoms with Crippen molar-refractivity contribution in [1.29, 1.82) is 0 Å². The van der Waals surface area contributed by atoms with Crippen LogP contribution in [0.4, 0.5) is 5.69 Å². The van der Waals surface area contributed by atoms with Gasteiger partial charge in [-0.3, -0.25) is 0 Å². The number of hydrogen-bond donors (Lipinski definition) is 2. The lowest BCUT2D eigenvalue weighted by molar-refractivity contribution is 0.569.